The van der Waals surface area contributed by atoms with Crippen molar-refractivity contribution in [3.63, 3.8) is 0 Å². The van der Waals surface area contributed by atoms with Gasteiger partial charge in [0.2, 0.25) is 5.91 Å². The minimum absolute atomic E-state index is 0.0496. The first-order valence-electron chi connectivity index (χ1n) is 7.25. The van der Waals surface area contributed by atoms with Crippen LogP contribution in [-0.4, -0.2) is 54.8 Å². The fraction of sp³-hybridized carbons (Fsp3) is 0.312. The molecule has 0 bridgehead atoms. The molecule has 0 spiro atoms. The molecule has 1 fully saturated rings. The highest BCUT2D eigenvalue weighted by atomic mass is 16.2. The number of hydrogen-bond acceptors (Lipinski definition) is 5. The van der Waals surface area contributed by atoms with Gasteiger partial charge in [-0.25, -0.2) is 0 Å². The highest BCUT2D eigenvalue weighted by molar-refractivity contribution is 5.97. The normalized spacial score (nSPS) is 15.8. The molecule has 1 aromatic rings. The van der Waals surface area contributed by atoms with E-state index in [4.69, 9.17) is 5.73 Å². The molecule has 0 atom stereocenters. The SMILES string of the molecule is CN1CCN(C(=O)/C(C#N)=C\Nc2ccc(C(N)=O)cc2)CC1. The molecule has 3 N–H and O–H groups in total. The van der Waals surface area contributed by atoms with E-state index in [9.17, 15) is 14.9 Å². The second-order valence-electron chi connectivity index (χ2n) is 5.35. The van der Waals surface area contributed by atoms with Crippen LogP contribution in [0.4, 0.5) is 5.69 Å². The first-order chi connectivity index (χ1) is 11.0. The first kappa shape index (κ1) is 16.5. The lowest BCUT2D eigenvalue weighted by Crippen LogP contribution is -2.47. The van der Waals surface area contributed by atoms with E-state index in [2.05, 4.69) is 10.2 Å². The van der Waals surface area contributed by atoms with Crippen molar-refractivity contribution in [2.45, 2.75) is 0 Å². The van der Waals surface area contributed by atoms with Gasteiger partial charge in [-0.3, -0.25) is 9.59 Å². The fourth-order valence-electron chi connectivity index (χ4n) is 2.21. The molecule has 120 valence electrons. The standard InChI is InChI=1S/C16H19N5O2/c1-20-6-8-21(9-7-20)16(23)13(10-17)11-19-14-4-2-12(3-5-14)15(18)22/h2-5,11,19H,6-9H2,1H3,(H2,18,22)/b13-11-. The Kier molecular flexibility index (Phi) is 5.33. The number of anilines is 1. The largest absolute Gasteiger partial charge is 0.366 e. The van der Waals surface area contributed by atoms with Gasteiger partial charge in [0.15, 0.2) is 0 Å². The summed E-state index contributed by atoms with van der Waals surface area (Å²) in [5.41, 5.74) is 6.28. The summed E-state index contributed by atoms with van der Waals surface area (Å²) in [5.74, 6) is -0.781. The average Bonchev–Trinajstić information content (AvgIpc) is 2.56. The highest BCUT2D eigenvalue weighted by Gasteiger charge is 2.22. The van der Waals surface area contributed by atoms with Gasteiger partial charge >= 0.3 is 0 Å². The second-order valence-corrected chi connectivity index (χ2v) is 5.35. The molecule has 23 heavy (non-hydrogen) atoms. The Labute approximate surface area is 135 Å². The summed E-state index contributed by atoms with van der Waals surface area (Å²) in [6, 6.07) is 8.40. The molecule has 1 heterocycles. The molecule has 1 aliphatic heterocycles. The Morgan fingerprint density at radius 2 is 1.83 bits per heavy atom. The average molecular weight is 313 g/mol. The van der Waals surface area contributed by atoms with Crippen molar-refractivity contribution in [2.75, 3.05) is 38.5 Å². The van der Waals surface area contributed by atoms with E-state index in [1.807, 2.05) is 13.1 Å². The van der Waals surface area contributed by atoms with Crippen LogP contribution in [0.25, 0.3) is 0 Å². The van der Waals surface area contributed by atoms with Gasteiger partial charge in [-0.1, -0.05) is 0 Å². The van der Waals surface area contributed by atoms with E-state index < -0.39 is 5.91 Å². The molecule has 2 amide bonds. The van der Waals surface area contributed by atoms with Crippen LogP contribution >= 0.6 is 0 Å². The van der Waals surface area contributed by atoms with Gasteiger partial charge < -0.3 is 20.9 Å². The van der Waals surface area contributed by atoms with Crippen molar-refractivity contribution >= 4 is 17.5 Å². The van der Waals surface area contributed by atoms with E-state index in [-0.39, 0.29) is 11.5 Å². The maximum absolute atomic E-state index is 12.3. The Bertz CT molecular complexity index is 652. The predicted molar refractivity (Wildman–Crippen MR) is 86.4 cm³/mol. The van der Waals surface area contributed by atoms with Crippen molar-refractivity contribution in [2.24, 2.45) is 5.73 Å². The number of rotatable bonds is 4. The molecule has 7 nitrogen and oxygen atoms in total. The number of amides is 2. The number of carbonyl (C=O) groups is 2. The summed E-state index contributed by atoms with van der Waals surface area (Å²) in [4.78, 5) is 27.1. The van der Waals surface area contributed by atoms with Gasteiger partial charge in [-0.15, -0.1) is 0 Å². The molecule has 0 unspecified atom stereocenters. The van der Waals surface area contributed by atoms with Crippen molar-refractivity contribution < 1.29 is 9.59 Å². The van der Waals surface area contributed by atoms with E-state index in [0.717, 1.165) is 13.1 Å². The Balaban J connectivity index is 2.02. The Hall–Kier alpha value is -2.85. The van der Waals surface area contributed by atoms with Gasteiger partial charge in [0.05, 0.1) is 0 Å². The van der Waals surface area contributed by atoms with Gasteiger partial charge in [-0.05, 0) is 31.3 Å². The zero-order valence-electron chi connectivity index (χ0n) is 13.0. The van der Waals surface area contributed by atoms with Crippen LogP contribution in [0.15, 0.2) is 36.0 Å². The summed E-state index contributed by atoms with van der Waals surface area (Å²) >= 11 is 0. The number of likely N-dealkylation sites (N-methyl/N-ethyl adjacent to an activating group) is 1. The lowest BCUT2D eigenvalue weighted by atomic mass is 10.2. The molecule has 0 radical (unpaired) electrons. The van der Waals surface area contributed by atoms with E-state index >= 15 is 0 Å². The number of primary amides is 1. The molecular formula is C16H19N5O2. The van der Waals surface area contributed by atoms with Gasteiger partial charge in [0.25, 0.3) is 5.91 Å². The van der Waals surface area contributed by atoms with Crippen molar-refractivity contribution in [1.29, 1.82) is 5.26 Å². The number of hydrogen-bond donors (Lipinski definition) is 2. The topological polar surface area (TPSA) is 102 Å². The van der Waals surface area contributed by atoms with Crippen LogP contribution in [0, 0.1) is 11.3 Å². The molecule has 1 saturated heterocycles. The number of nitrogens with one attached hydrogen (secondary N) is 1. The number of carbonyl (C=O) groups excluding carboxylic acids is 2. The van der Waals surface area contributed by atoms with Crippen molar-refractivity contribution in [3.8, 4) is 6.07 Å². The summed E-state index contributed by atoms with van der Waals surface area (Å²) in [6.45, 7) is 2.82. The number of nitrogens with two attached hydrogens (primary N) is 1. The lowest BCUT2D eigenvalue weighted by Gasteiger charge is -2.32. The summed E-state index contributed by atoms with van der Waals surface area (Å²) in [6.07, 6.45) is 1.39. The number of nitrogens with zero attached hydrogens (tertiary/aromatic N) is 3. The zero-order chi connectivity index (χ0) is 16.8. The smallest absolute Gasteiger partial charge is 0.266 e. The highest BCUT2D eigenvalue weighted by Crippen LogP contribution is 2.11. The molecule has 2 rings (SSSR count). The third kappa shape index (κ3) is 4.31. The summed E-state index contributed by atoms with van der Waals surface area (Å²) in [5, 5.41) is 12.1. The van der Waals surface area contributed by atoms with E-state index in [1.165, 1.54) is 6.20 Å². The number of nitriles is 1. The molecule has 0 aromatic heterocycles. The molecular weight excluding hydrogens is 294 g/mol. The molecule has 1 aliphatic rings. The molecule has 0 aliphatic carbocycles. The van der Waals surface area contributed by atoms with Crippen molar-refractivity contribution in [1.82, 2.24) is 9.80 Å². The minimum Gasteiger partial charge on any atom is -0.366 e. The zero-order valence-corrected chi connectivity index (χ0v) is 13.0. The van der Waals surface area contributed by atoms with Crippen LogP contribution in [0.1, 0.15) is 10.4 Å². The van der Waals surface area contributed by atoms with Gasteiger partial charge in [-0.2, -0.15) is 5.26 Å². The molecule has 0 saturated carbocycles. The molecule has 7 heteroatoms. The Morgan fingerprint density at radius 3 is 2.35 bits per heavy atom. The van der Waals surface area contributed by atoms with Gasteiger partial charge in [0.1, 0.15) is 11.6 Å². The van der Waals surface area contributed by atoms with Crippen LogP contribution in [0.5, 0.6) is 0 Å². The quantitative estimate of drug-likeness (QED) is 0.618. The minimum atomic E-state index is -0.505. The third-order valence-electron chi connectivity index (χ3n) is 3.69. The summed E-state index contributed by atoms with van der Waals surface area (Å²) in [7, 11) is 2.00. The lowest BCUT2D eigenvalue weighted by molar-refractivity contribution is -0.128. The number of piperazine rings is 1. The van der Waals surface area contributed by atoms with E-state index in [0.29, 0.717) is 24.3 Å². The number of benzene rings is 1. The predicted octanol–water partition coefficient (Wildman–Crippen LogP) is 0.379. The van der Waals surface area contributed by atoms with Crippen LogP contribution in [0.3, 0.4) is 0 Å². The van der Waals surface area contributed by atoms with Crippen LogP contribution < -0.4 is 11.1 Å². The van der Waals surface area contributed by atoms with Crippen LogP contribution in [0.2, 0.25) is 0 Å². The first-order valence-corrected chi connectivity index (χ1v) is 7.25. The molecule has 1 aromatic carbocycles. The maximum Gasteiger partial charge on any atom is 0.266 e. The fourth-order valence-corrected chi connectivity index (χ4v) is 2.21. The van der Waals surface area contributed by atoms with Crippen LogP contribution in [-0.2, 0) is 4.79 Å². The summed E-state index contributed by atoms with van der Waals surface area (Å²) < 4.78 is 0. The third-order valence-corrected chi connectivity index (χ3v) is 3.69. The Morgan fingerprint density at radius 1 is 1.22 bits per heavy atom. The maximum atomic E-state index is 12.3. The monoisotopic (exact) mass is 313 g/mol. The second kappa shape index (κ2) is 7.42. The van der Waals surface area contributed by atoms with Crippen molar-refractivity contribution in [3.05, 3.63) is 41.6 Å². The van der Waals surface area contributed by atoms with Gasteiger partial charge in [0, 0.05) is 43.6 Å². The van der Waals surface area contributed by atoms with E-state index in [1.54, 1.807) is 29.2 Å².